The van der Waals surface area contributed by atoms with E-state index in [1.165, 1.54) is 4.90 Å². The third-order valence-electron chi connectivity index (χ3n) is 2.48. The van der Waals surface area contributed by atoms with Crippen LogP contribution in [0.3, 0.4) is 0 Å². The molecule has 0 aromatic carbocycles. The van der Waals surface area contributed by atoms with Crippen molar-refractivity contribution in [3.8, 4) is 12.3 Å². The maximum absolute atomic E-state index is 11.7. The zero-order valence-electron chi connectivity index (χ0n) is 8.35. The molecule has 1 fully saturated rings. The molecule has 0 bridgehead atoms. The Hall–Kier alpha value is -1.54. The molecule has 1 saturated heterocycles. The highest BCUT2D eigenvalue weighted by atomic mass is 16.4. The molecular weight excluding hydrogens is 196 g/mol. The van der Waals surface area contributed by atoms with Gasteiger partial charge in [0.05, 0.1) is 6.04 Å². The van der Waals surface area contributed by atoms with E-state index >= 15 is 0 Å². The lowest BCUT2D eigenvalue weighted by atomic mass is 10.1. The van der Waals surface area contributed by atoms with Crippen molar-refractivity contribution in [3.63, 3.8) is 0 Å². The summed E-state index contributed by atoms with van der Waals surface area (Å²) < 4.78 is 0. The fourth-order valence-electron chi connectivity index (χ4n) is 1.71. The Morgan fingerprint density at radius 2 is 2.33 bits per heavy atom. The molecule has 0 saturated carbocycles. The molecule has 0 aromatic heterocycles. The monoisotopic (exact) mass is 210 g/mol. The summed E-state index contributed by atoms with van der Waals surface area (Å²) in [6, 6.07) is -1.52. The van der Waals surface area contributed by atoms with Crippen molar-refractivity contribution >= 4 is 11.9 Å². The van der Waals surface area contributed by atoms with Crippen LogP contribution in [0.2, 0.25) is 0 Å². The lowest BCUT2D eigenvalue weighted by Gasteiger charge is -2.23. The molecule has 15 heavy (non-hydrogen) atoms. The molecule has 1 heterocycles. The Labute approximate surface area is 88.2 Å². The third-order valence-corrected chi connectivity index (χ3v) is 2.48. The van der Waals surface area contributed by atoms with Crippen LogP contribution < -0.4 is 5.73 Å². The van der Waals surface area contributed by atoms with E-state index < -0.39 is 18.1 Å². The first-order valence-corrected chi connectivity index (χ1v) is 4.80. The predicted molar refractivity (Wildman–Crippen MR) is 53.8 cm³/mol. The molecule has 82 valence electrons. The minimum absolute atomic E-state index is 0.141. The van der Waals surface area contributed by atoms with Gasteiger partial charge in [0.15, 0.2) is 0 Å². The molecule has 5 heteroatoms. The number of likely N-dealkylation sites (tertiary alicyclic amines) is 1. The first-order chi connectivity index (χ1) is 7.07. The van der Waals surface area contributed by atoms with Crippen molar-refractivity contribution in [2.24, 2.45) is 5.73 Å². The number of nitrogens with zero attached hydrogens (tertiary/aromatic N) is 1. The van der Waals surface area contributed by atoms with Crippen molar-refractivity contribution in [1.29, 1.82) is 0 Å². The summed E-state index contributed by atoms with van der Waals surface area (Å²) in [6.07, 6.45) is 6.37. The van der Waals surface area contributed by atoms with Crippen LogP contribution in [0.25, 0.3) is 0 Å². The number of hydrogen-bond acceptors (Lipinski definition) is 3. The lowest BCUT2D eigenvalue weighted by molar-refractivity contribution is -0.148. The summed E-state index contributed by atoms with van der Waals surface area (Å²) in [4.78, 5) is 23.8. The highest BCUT2D eigenvalue weighted by molar-refractivity contribution is 5.87. The summed E-state index contributed by atoms with van der Waals surface area (Å²) >= 11 is 0. The van der Waals surface area contributed by atoms with Gasteiger partial charge in [0, 0.05) is 13.0 Å². The fraction of sp³-hybridized carbons (Fsp3) is 0.600. The molecule has 0 spiro atoms. The number of aliphatic carboxylic acids is 1. The van der Waals surface area contributed by atoms with E-state index in [0.717, 1.165) is 0 Å². The van der Waals surface area contributed by atoms with Crippen molar-refractivity contribution in [1.82, 2.24) is 4.90 Å². The average molecular weight is 210 g/mol. The van der Waals surface area contributed by atoms with Gasteiger partial charge >= 0.3 is 5.97 Å². The molecule has 0 aromatic rings. The standard InChI is InChI=1S/C10H14N2O3/c1-2-4-7(11)9(13)12-6-3-5-8(12)10(14)15/h1,7-8H,3-6,11H2,(H,14,15)/t7?,8-/m0/s1. The van der Waals surface area contributed by atoms with Crippen LogP contribution in [0.1, 0.15) is 19.3 Å². The quantitative estimate of drug-likeness (QED) is 0.610. The normalized spacial score (nSPS) is 22.1. The number of terminal acetylenes is 1. The van der Waals surface area contributed by atoms with Crippen molar-refractivity contribution < 1.29 is 14.7 Å². The predicted octanol–water partition coefficient (Wildman–Crippen LogP) is -0.587. The smallest absolute Gasteiger partial charge is 0.326 e. The Balaban J connectivity index is 2.67. The van der Waals surface area contributed by atoms with Crippen LogP contribution in [0.4, 0.5) is 0 Å². The van der Waals surface area contributed by atoms with Gasteiger partial charge in [0.25, 0.3) is 0 Å². The van der Waals surface area contributed by atoms with E-state index in [2.05, 4.69) is 5.92 Å². The second-order valence-corrected chi connectivity index (χ2v) is 3.54. The summed E-state index contributed by atoms with van der Waals surface area (Å²) in [5, 5.41) is 8.87. The highest BCUT2D eigenvalue weighted by Gasteiger charge is 2.35. The van der Waals surface area contributed by atoms with Gasteiger partial charge in [-0.1, -0.05) is 0 Å². The number of carboxylic acid groups (broad SMARTS) is 1. The summed E-state index contributed by atoms with van der Waals surface area (Å²) in [6.45, 7) is 0.452. The number of carbonyl (C=O) groups excluding carboxylic acids is 1. The number of nitrogens with two attached hydrogens (primary N) is 1. The van der Waals surface area contributed by atoms with Gasteiger partial charge in [-0.05, 0) is 12.8 Å². The number of carbonyl (C=O) groups is 2. The third kappa shape index (κ3) is 2.48. The molecule has 1 aliphatic heterocycles. The van der Waals surface area contributed by atoms with Gasteiger partial charge < -0.3 is 15.7 Å². The van der Waals surface area contributed by atoms with Crippen LogP contribution in [0.5, 0.6) is 0 Å². The molecule has 1 amide bonds. The first-order valence-electron chi connectivity index (χ1n) is 4.80. The summed E-state index contributed by atoms with van der Waals surface area (Å²) in [7, 11) is 0. The second kappa shape index (κ2) is 4.80. The Kier molecular flexibility index (Phi) is 3.69. The van der Waals surface area contributed by atoms with E-state index in [9.17, 15) is 9.59 Å². The van der Waals surface area contributed by atoms with Gasteiger partial charge in [0.1, 0.15) is 6.04 Å². The lowest BCUT2D eigenvalue weighted by Crippen LogP contribution is -2.48. The Bertz CT molecular complexity index is 308. The van der Waals surface area contributed by atoms with Gasteiger partial charge in [-0.25, -0.2) is 4.79 Å². The number of amides is 1. The van der Waals surface area contributed by atoms with Gasteiger partial charge in [-0.2, -0.15) is 0 Å². The zero-order valence-corrected chi connectivity index (χ0v) is 8.35. The minimum Gasteiger partial charge on any atom is -0.480 e. The van der Waals surface area contributed by atoms with Crippen molar-refractivity contribution in [2.45, 2.75) is 31.3 Å². The largest absolute Gasteiger partial charge is 0.480 e. The summed E-state index contributed by atoms with van der Waals surface area (Å²) in [5.41, 5.74) is 5.54. The number of carboxylic acids is 1. The van der Waals surface area contributed by atoms with Crippen molar-refractivity contribution in [3.05, 3.63) is 0 Å². The first kappa shape index (κ1) is 11.5. The van der Waals surface area contributed by atoms with E-state index in [1.807, 2.05) is 0 Å². The molecule has 3 N–H and O–H groups in total. The second-order valence-electron chi connectivity index (χ2n) is 3.54. The summed E-state index contributed by atoms with van der Waals surface area (Å²) in [5.74, 6) is 0.955. The van der Waals surface area contributed by atoms with Crippen LogP contribution in [-0.2, 0) is 9.59 Å². The van der Waals surface area contributed by atoms with Crippen LogP contribution in [0.15, 0.2) is 0 Å². The molecule has 0 radical (unpaired) electrons. The Morgan fingerprint density at radius 1 is 1.67 bits per heavy atom. The topological polar surface area (TPSA) is 83.6 Å². The number of rotatable bonds is 3. The molecule has 5 nitrogen and oxygen atoms in total. The average Bonchev–Trinajstić information content (AvgIpc) is 2.65. The van der Waals surface area contributed by atoms with Crippen LogP contribution in [0, 0.1) is 12.3 Å². The minimum atomic E-state index is -0.978. The fourth-order valence-corrected chi connectivity index (χ4v) is 1.71. The van der Waals surface area contributed by atoms with Crippen LogP contribution in [-0.4, -0.2) is 40.5 Å². The highest BCUT2D eigenvalue weighted by Crippen LogP contribution is 2.18. The maximum atomic E-state index is 11.7. The van der Waals surface area contributed by atoms with Gasteiger partial charge in [-0.3, -0.25) is 4.79 Å². The van der Waals surface area contributed by atoms with E-state index in [0.29, 0.717) is 19.4 Å². The molecule has 1 rings (SSSR count). The molecule has 1 unspecified atom stereocenters. The molecule has 0 aliphatic carbocycles. The van der Waals surface area contributed by atoms with Crippen LogP contribution >= 0.6 is 0 Å². The Morgan fingerprint density at radius 3 is 2.87 bits per heavy atom. The molecular formula is C10H14N2O3. The van der Waals surface area contributed by atoms with E-state index in [-0.39, 0.29) is 12.3 Å². The SMILES string of the molecule is C#CCC(N)C(=O)N1CCC[C@H]1C(=O)O. The maximum Gasteiger partial charge on any atom is 0.326 e. The van der Waals surface area contributed by atoms with E-state index in [4.69, 9.17) is 17.3 Å². The van der Waals surface area contributed by atoms with Gasteiger partial charge in [0.2, 0.25) is 5.91 Å². The number of hydrogen-bond donors (Lipinski definition) is 2. The molecule has 2 atom stereocenters. The molecule has 1 aliphatic rings. The van der Waals surface area contributed by atoms with E-state index in [1.54, 1.807) is 0 Å². The zero-order chi connectivity index (χ0) is 11.4. The van der Waals surface area contributed by atoms with Gasteiger partial charge in [-0.15, -0.1) is 12.3 Å². The van der Waals surface area contributed by atoms with Crippen molar-refractivity contribution in [2.75, 3.05) is 6.54 Å².